The second kappa shape index (κ2) is 11.2. The molecule has 7 heteroatoms. The van der Waals surface area contributed by atoms with Crippen LogP contribution < -0.4 is 10.2 Å². The summed E-state index contributed by atoms with van der Waals surface area (Å²) in [5.41, 5.74) is 5.56. The SMILES string of the molecule is Cc1ccc(S[C@@H](C)C(=O)N/N=C\c2ccc(OCc3ccc(Cl)c(Cl)c3)cc2)cc1. The number of benzene rings is 3. The molecule has 31 heavy (non-hydrogen) atoms. The minimum absolute atomic E-state index is 0.150. The van der Waals surface area contributed by atoms with Crippen molar-refractivity contribution in [3.63, 3.8) is 0 Å². The van der Waals surface area contributed by atoms with Crippen LogP contribution in [0.1, 0.15) is 23.6 Å². The molecule has 3 aromatic carbocycles. The number of amides is 1. The third kappa shape index (κ3) is 7.31. The van der Waals surface area contributed by atoms with Crippen LogP contribution in [0.3, 0.4) is 0 Å². The summed E-state index contributed by atoms with van der Waals surface area (Å²) in [7, 11) is 0. The summed E-state index contributed by atoms with van der Waals surface area (Å²) in [6.45, 7) is 4.28. The molecule has 4 nitrogen and oxygen atoms in total. The number of halogens is 2. The van der Waals surface area contributed by atoms with Crippen molar-refractivity contribution in [1.82, 2.24) is 5.43 Å². The van der Waals surface area contributed by atoms with E-state index in [4.69, 9.17) is 27.9 Å². The molecule has 0 aliphatic carbocycles. The maximum absolute atomic E-state index is 12.2. The van der Waals surface area contributed by atoms with Crippen molar-refractivity contribution in [2.24, 2.45) is 5.10 Å². The maximum atomic E-state index is 12.2. The molecule has 1 N–H and O–H groups in total. The average Bonchev–Trinajstić information content (AvgIpc) is 2.77. The van der Waals surface area contributed by atoms with Crippen molar-refractivity contribution in [3.05, 3.63) is 93.5 Å². The van der Waals surface area contributed by atoms with Crippen LogP contribution in [-0.4, -0.2) is 17.4 Å². The maximum Gasteiger partial charge on any atom is 0.253 e. The number of thioether (sulfide) groups is 1. The van der Waals surface area contributed by atoms with Crippen LogP contribution in [0.2, 0.25) is 10.0 Å². The van der Waals surface area contributed by atoms with Gasteiger partial charge < -0.3 is 4.74 Å². The van der Waals surface area contributed by atoms with Gasteiger partial charge in [0.25, 0.3) is 5.91 Å². The molecule has 0 unspecified atom stereocenters. The summed E-state index contributed by atoms with van der Waals surface area (Å²) in [5, 5.41) is 4.82. The largest absolute Gasteiger partial charge is 0.489 e. The number of carbonyl (C=O) groups excluding carboxylic acids is 1. The fourth-order valence-electron chi connectivity index (χ4n) is 2.58. The quantitative estimate of drug-likeness (QED) is 0.231. The Kier molecular flexibility index (Phi) is 8.41. The summed E-state index contributed by atoms with van der Waals surface area (Å²) >= 11 is 13.4. The van der Waals surface area contributed by atoms with E-state index in [9.17, 15) is 4.79 Å². The van der Waals surface area contributed by atoms with Crippen LogP contribution >= 0.6 is 35.0 Å². The molecule has 0 radical (unpaired) electrons. The molecule has 0 heterocycles. The van der Waals surface area contributed by atoms with Gasteiger partial charge >= 0.3 is 0 Å². The molecular formula is C24H22Cl2N2O2S. The van der Waals surface area contributed by atoms with E-state index in [1.807, 2.05) is 68.4 Å². The van der Waals surface area contributed by atoms with Gasteiger partial charge in [0.15, 0.2) is 0 Å². The molecule has 0 aromatic heterocycles. The molecule has 0 fully saturated rings. The van der Waals surface area contributed by atoms with Crippen molar-refractivity contribution in [3.8, 4) is 5.75 Å². The van der Waals surface area contributed by atoms with E-state index in [-0.39, 0.29) is 11.2 Å². The van der Waals surface area contributed by atoms with Crippen LogP contribution in [0.15, 0.2) is 76.7 Å². The minimum Gasteiger partial charge on any atom is -0.489 e. The second-order valence-electron chi connectivity index (χ2n) is 6.91. The first-order valence-corrected chi connectivity index (χ1v) is 11.3. The lowest BCUT2D eigenvalue weighted by molar-refractivity contribution is -0.120. The number of carbonyl (C=O) groups is 1. The second-order valence-corrected chi connectivity index (χ2v) is 9.14. The highest BCUT2D eigenvalue weighted by Gasteiger charge is 2.13. The summed E-state index contributed by atoms with van der Waals surface area (Å²) in [4.78, 5) is 13.3. The van der Waals surface area contributed by atoms with Gasteiger partial charge in [0.2, 0.25) is 0 Å². The molecular weight excluding hydrogens is 451 g/mol. The fraction of sp³-hybridized carbons (Fsp3) is 0.167. The predicted molar refractivity (Wildman–Crippen MR) is 129 cm³/mol. The van der Waals surface area contributed by atoms with Crippen LogP contribution in [-0.2, 0) is 11.4 Å². The van der Waals surface area contributed by atoms with Crippen molar-refractivity contribution >= 4 is 47.1 Å². The summed E-state index contributed by atoms with van der Waals surface area (Å²) in [5.74, 6) is 0.568. The average molecular weight is 473 g/mol. The first-order valence-electron chi connectivity index (χ1n) is 9.64. The normalized spacial score (nSPS) is 12.0. The van der Waals surface area contributed by atoms with Crippen LogP contribution in [0.25, 0.3) is 0 Å². The molecule has 0 aliphatic heterocycles. The van der Waals surface area contributed by atoms with Gasteiger partial charge in [-0.05, 0) is 73.5 Å². The van der Waals surface area contributed by atoms with Gasteiger partial charge in [-0.25, -0.2) is 5.43 Å². The Morgan fingerprint density at radius 2 is 1.77 bits per heavy atom. The Labute approximate surface area is 196 Å². The van der Waals surface area contributed by atoms with Gasteiger partial charge in [0.05, 0.1) is 21.5 Å². The van der Waals surface area contributed by atoms with Gasteiger partial charge in [0, 0.05) is 4.90 Å². The molecule has 3 rings (SSSR count). The van der Waals surface area contributed by atoms with E-state index in [0.717, 1.165) is 21.8 Å². The van der Waals surface area contributed by atoms with E-state index >= 15 is 0 Å². The van der Waals surface area contributed by atoms with E-state index < -0.39 is 0 Å². The van der Waals surface area contributed by atoms with Crippen molar-refractivity contribution in [2.75, 3.05) is 0 Å². The van der Waals surface area contributed by atoms with Gasteiger partial charge in [-0.1, -0.05) is 47.0 Å². The number of rotatable bonds is 8. The zero-order valence-electron chi connectivity index (χ0n) is 17.1. The van der Waals surface area contributed by atoms with Gasteiger partial charge in [-0.3, -0.25) is 4.79 Å². The highest BCUT2D eigenvalue weighted by Crippen LogP contribution is 2.24. The fourth-order valence-corrected chi connectivity index (χ4v) is 3.76. The molecule has 1 atom stereocenters. The Balaban J connectivity index is 1.46. The predicted octanol–water partition coefficient (Wildman–Crippen LogP) is 6.51. The van der Waals surface area contributed by atoms with Gasteiger partial charge in [-0.2, -0.15) is 5.10 Å². The molecule has 0 aliphatic rings. The van der Waals surface area contributed by atoms with E-state index in [1.165, 1.54) is 17.3 Å². The highest BCUT2D eigenvalue weighted by molar-refractivity contribution is 8.00. The molecule has 0 saturated heterocycles. The first-order chi connectivity index (χ1) is 14.9. The number of aryl methyl sites for hydroxylation is 1. The lowest BCUT2D eigenvalue weighted by Gasteiger charge is -2.09. The lowest BCUT2D eigenvalue weighted by atomic mass is 10.2. The third-order valence-electron chi connectivity index (χ3n) is 4.36. The molecule has 1 amide bonds. The number of nitrogens with zero attached hydrogens (tertiary/aromatic N) is 1. The summed E-state index contributed by atoms with van der Waals surface area (Å²) in [6.07, 6.45) is 1.60. The van der Waals surface area contributed by atoms with Crippen molar-refractivity contribution in [2.45, 2.75) is 30.6 Å². The Hall–Kier alpha value is -2.47. The number of ether oxygens (including phenoxy) is 1. The van der Waals surface area contributed by atoms with Crippen LogP contribution in [0.4, 0.5) is 0 Å². The topological polar surface area (TPSA) is 50.7 Å². The van der Waals surface area contributed by atoms with Gasteiger partial charge in [-0.15, -0.1) is 11.8 Å². The Morgan fingerprint density at radius 3 is 2.45 bits per heavy atom. The van der Waals surface area contributed by atoms with Crippen molar-refractivity contribution < 1.29 is 9.53 Å². The van der Waals surface area contributed by atoms with Gasteiger partial charge in [0.1, 0.15) is 12.4 Å². The van der Waals surface area contributed by atoms with Crippen LogP contribution in [0, 0.1) is 6.92 Å². The van der Waals surface area contributed by atoms with E-state index in [1.54, 1.807) is 18.3 Å². The number of nitrogens with one attached hydrogen (secondary N) is 1. The molecule has 3 aromatic rings. The Morgan fingerprint density at radius 1 is 1.06 bits per heavy atom. The number of hydrazone groups is 1. The number of hydrogen-bond acceptors (Lipinski definition) is 4. The number of hydrogen-bond donors (Lipinski definition) is 1. The molecule has 160 valence electrons. The molecule has 0 bridgehead atoms. The summed E-state index contributed by atoms with van der Waals surface area (Å²) in [6, 6.07) is 20.9. The smallest absolute Gasteiger partial charge is 0.253 e. The Bertz CT molecular complexity index is 1050. The lowest BCUT2D eigenvalue weighted by Crippen LogP contribution is -2.26. The first kappa shape index (κ1) is 23.2. The van der Waals surface area contributed by atoms with Crippen molar-refractivity contribution in [1.29, 1.82) is 0 Å². The molecule has 0 spiro atoms. The standard InChI is InChI=1S/C24H22Cl2N2O2S/c1-16-3-10-21(11-4-16)31-17(2)24(29)28-27-14-18-5-8-20(9-6-18)30-15-19-7-12-22(25)23(26)13-19/h3-14,17H,15H2,1-2H3,(H,28,29)/b27-14-/t17-/m0/s1. The highest BCUT2D eigenvalue weighted by atomic mass is 35.5. The molecule has 0 saturated carbocycles. The third-order valence-corrected chi connectivity index (χ3v) is 6.21. The van der Waals surface area contributed by atoms with E-state index in [2.05, 4.69) is 10.5 Å². The monoisotopic (exact) mass is 472 g/mol. The summed E-state index contributed by atoms with van der Waals surface area (Å²) < 4.78 is 5.76. The zero-order valence-corrected chi connectivity index (χ0v) is 19.5. The van der Waals surface area contributed by atoms with E-state index in [0.29, 0.717) is 16.7 Å². The zero-order chi connectivity index (χ0) is 22.2. The minimum atomic E-state index is -0.253. The van der Waals surface area contributed by atoms with Crippen LogP contribution in [0.5, 0.6) is 5.75 Å².